The smallest absolute Gasteiger partial charge is 0.317 e. The van der Waals surface area contributed by atoms with Gasteiger partial charge in [0.15, 0.2) is 5.82 Å². The number of piperazine rings is 1. The van der Waals surface area contributed by atoms with Gasteiger partial charge in [-0.15, -0.1) is 5.10 Å². The maximum absolute atomic E-state index is 11.7. The Bertz CT molecular complexity index is 1140. The Labute approximate surface area is 194 Å². The molecule has 0 spiro atoms. The third-order valence-electron chi connectivity index (χ3n) is 6.72. The van der Waals surface area contributed by atoms with Crippen LogP contribution in [0.15, 0.2) is 42.6 Å². The number of benzene rings is 1. The van der Waals surface area contributed by atoms with Crippen LogP contribution < -0.4 is 20.7 Å². The summed E-state index contributed by atoms with van der Waals surface area (Å²) in [5, 5.41) is 7.38. The molecule has 0 saturated carbocycles. The summed E-state index contributed by atoms with van der Waals surface area (Å²) in [4.78, 5) is 16.7. The predicted octanol–water partition coefficient (Wildman–Crippen LogP) is 3.81. The lowest BCUT2D eigenvalue weighted by Crippen LogP contribution is -2.48. The summed E-state index contributed by atoms with van der Waals surface area (Å²) < 4.78 is 7.89. The van der Waals surface area contributed by atoms with Gasteiger partial charge in [-0.1, -0.05) is 31.5 Å². The standard InChI is InChI=1S/C25H32N6O2/c1-2-7-19(22-20-10-3-4-12-31(20)28-24(22)27-25(26)32)29-13-15-30(16-14-29)21-11-5-8-18-9-6-17-33-23(18)21/h3-5,8,10-12,19H,2,6-7,9,13-17H2,1H3,(H3,26,27,28,32). The van der Waals surface area contributed by atoms with Crippen LogP contribution in [0, 0.1) is 0 Å². The summed E-state index contributed by atoms with van der Waals surface area (Å²) in [7, 11) is 0. The van der Waals surface area contributed by atoms with Crippen LogP contribution in [0.2, 0.25) is 0 Å². The summed E-state index contributed by atoms with van der Waals surface area (Å²) >= 11 is 0. The highest BCUT2D eigenvalue weighted by molar-refractivity contribution is 5.89. The quantitative estimate of drug-likeness (QED) is 0.599. The van der Waals surface area contributed by atoms with E-state index in [0.717, 1.165) is 75.3 Å². The molecule has 5 rings (SSSR count). The fourth-order valence-electron chi connectivity index (χ4n) is 5.23. The summed E-state index contributed by atoms with van der Waals surface area (Å²) in [5.74, 6) is 1.62. The molecule has 0 aliphatic carbocycles. The van der Waals surface area contributed by atoms with Crippen LogP contribution in [0.25, 0.3) is 5.52 Å². The van der Waals surface area contributed by atoms with Crippen molar-refractivity contribution in [1.82, 2.24) is 14.5 Å². The second kappa shape index (κ2) is 9.31. The third-order valence-corrected chi connectivity index (χ3v) is 6.72. The number of aryl methyl sites for hydroxylation is 1. The van der Waals surface area contributed by atoms with Crippen LogP contribution in [-0.4, -0.2) is 53.3 Å². The zero-order valence-electron chi connectivity index (χ0n) is 19.2. The van der Waals surface area contributed by atoms with Crippen LogP contribution in [-0.2, 0) is 6.42 Å². The summed E-state index contributed by atoms with van der Waals surface area (Å²) in [6.45, 7) is 6.70. The second-order valence-electron chi connectivity index (χ2n) is 8.83. The van der Waals surface area contributed by atoms with Crippen LogP contribution in [0.1, 0.15) is 43.4 Å². The molecule has 174 valence electrons. The lowest BCUT2D eigenvalue weighted by atomic mass is 9.99. The summed E-state index contributed by atoms with van der Waals surface area (Å²) in [5.41, 5.74) is 10.1. The number of hydrogen-bond donors (Lipinski definition) is 2. The van der Waals surface area contributed by atoms with Gasteiger partial charge in [0, 0.05) is 44.0 Å². The number of nitrogens with zero attached hydrogens (tertiary/aromatic N) is 4. The Kier molecular flexibility index (Phi) is 6.09. The average Bonchev–Trinajstić information content (AvgIpc) is 3.19. The van der Waals surface area contributed by atoms with Crippen LogP contribution in [0.3, 0.4) is 0 Å². The number of pyridine rings is 1. The highest BCUT2D eigenvalue weighted by atomic mass is 16.5. The molecule has 8 heteroatoms. The van der Waals surface area contributed by atoms with Crippen LogP contribution >= 0.6 is 0 Å². The second-order valence-corrected chi connectivity index (χ2v) is 8.83. The largest absolute Gasteiger partial charge is 0.491 e. The van der Waals surface area contributed by atoms with E-state index in [2.05, 4.69) is 51.4 Å². The van der Waals surface area contributed by atoms with Crippen molar-refractivity contribution in [3.63, 3.8) is 0 Å². The molecule has 0 radical (unpaired) electrons. The minimum atomic E-state index is -0.589. The maximum atomic E-state index is 11.7. The zero-order valence-corrected chi connectivity index (χ0v) is 19.2. The number of para-hydroxylation sites is 1. The van der Waals surface area contributed by atoms with E-state index in [1.807, 2.05) is 22.8 Å². The Balaban J connectivity index is 1.41. The SMILES string of the molecule is CCCC(c1c(NC(N)=O)nn2ccccc12)N1CCN(c2cccc3c2OCCC3)CC1. The minimum Gasteiger partial charge on any atom is -0.491 e. The number of hydrogen-bond acceptors (Lipinski definition) is 5. The zero-order chi connectivity index (χ0) is 22.8. The van der Waals surface area contributed by atoms with Crippen molar-refractivity contribution in [2.75, 3.05) is 43.0 Å². The predicted molar refractivity (Wildman–Crippen MR) is 130 cm³/mol. The molecule has 3 N–H and O–H groups in total. The van der Waals surface area contributed by atoms with Crippen molar-refractivity contribution in [3.8, 4) is 5.75 Å². The topological polar surface area (TPSA) is 88.1 Å². The minimum absolute atomic E-state index is 0.153. The number of nitrogens with one attached hydrogen (secondary N) is 1. The van der Waals surface area contributed by atoms with E-state index in [-0.39, 0.29) is 6.04 Å². The van der Waals surface area contributed by atoms with E-state index in [0.29, 0.717) is 5.82 Å². The van der Waals surface area contributed by atoms with Crippen molar-refractivity contribution in [1.29, 1.82) is 0 Å². The van der Waals surface area contributed by atoms with Gasteiger partial charge in [-0.3, -0.25) is 10.2 Å². The average molecular weight is 449 g/mol. The maximum Gasteiger partial charge on any atom is 0.317 e. The fraction of sp³-hybridized carbons (Fsp3) is 0.440. The Morgan fingerprint density at radius 3 is 2.82 bits per heavy atom. The monoisotopic (exact) mass is 448 g/mol. The molecular weight excluding hydrogens is 416 g/mol. The molecule has 2 aromatic heterocycles. The van der Waals surface area contributed by atoms with E-state index in [4.69, 9.17) is 10.5 Å². The molecule has 2 amide bonds. The molecule has 0 bridgehead atoms. The highest BCUT2D eigenvalue weighted by Crippen LogP contribution is 2.38. The van der Waals surface area contributed by atoms with E-state index in [1.165, 1.54) is 11.3 Å². The molecule has 8 nitrogen and oxygen atoms in total. The van der Waals surface area contributed by atoms with E-state index < -0.39 is 6.03 Å². The van der Waals surface area contributed by atoms with Gasteiger partial charge in [0.1, 0.15) is 5.75 Å². The van der Waals surface area contributed by atoms with Crippen molar-refractivity contribution < 1.29 is 9.53 Å². The van der Waals surface area contributed by atoms with Gasteiger partial charge in [-0.25, -0.2) is 9.31 Å². The number of amides is 2. The van der Waals surface area contributed by atoms with Crippen LogP contribution in [0.4, 0.5) is 16.3 Å². The number of ether oxygens (including phenoxy) is 1. The first-order valence-electron chi connectivity index (χ1n) is 11.9. The van der Waals surface area contributed by atoms with Gasteiger partial charge in [0.25, 0.3) is 0 Å². The number of aromatic nitrogens is 2. The molecule has 2 aliphatic rings. The van der Waals surface area contributed by atoms with Crippen molar-refractivity contribution in [3.05, 3.63) is 53.7 Å². The van der Waals surface area contributed by atoms with Crippen molar-refractivity contribution in [2.45, 2.75) is 38.6 Å². The lowest BCUT2D eigenvalue weighted by molar-refractivity contribution is 0.177. The molecule has 1 fully saturated rings. The molecule has 2 aliphatic heterocycles. The molecule has 4 heterocycles. The normalized spacial score (nSPS) is 17.4. The molecular formula is C25H32N6O2. The van der Waals surface area contributed by atoms with Crippen molar-refractivity contribution >= 4 is 23.1 Å². The lowest BCUT2D eigenvalue weighted by Gasteiger charge is -2.41. The van der Waals surface area contributed by atoms with Gasteiger partial charge < -0.3 is 15.4 Å². The number of anilines is 2. The first kappa shape index (κ1) is 21.6. The summed E-state index contributed by atoms with van der Waals surface area (Å²) in [6.07, 6.45) is 6.10. The van der Waals surface area contributed by atoms with Crippen molar-refractivity contribution in [2.24, 2.45) is 5.73 Å². The number of rotatable bonds is 6. The van der Waals surface area contributed by atoms with Gasteiger partial charge in [0.05, 0.1) is 17.8 Å². The van der Waals surface area contributed by atoms with Crippen LogP contribution in [0.5, 0.6) is 5.75 Å². The van der Waals surface area contributed by atoms with Gasteiger partial charge >= 0.3 is 6.03 Å². The highest BCUT2D eigenvalue weighted by Gasteiger charge is 2.31. The number of fused-ring (bicyclic) bond motifs is 2. The van der Waals surface area contributed by atoms with Gasteiger partial charge in [0.2, 0.25) is 0 Å². The molecule has 1 atom stereocenters. The first-order valence-corrected chi connectivity index (χ1v) is 11.9. The van der Waals surface area contributed by atoms with E-state index in [1.54, 1.807) is 0 Å². The molecule has 33 heavy (non-hydrogen) atoms. The molecule has 1 unspecified atom stereocenters. The van der Waals surface area contributed by atoms with E-state index >= 15 is 0 Å². The molecule has 1 aromatic carbocycles. The Morgan fingerprint density at radius 1 is 1.18 bits per heavy atom. The molecule has 1 saturated heterocycles. The fourth-order valence-corrected chi connectivity index (χ4v) is 5.23. The number of carbonyl (C=O) groups is 1. The Morgan fingerprint density at radius 2 is 2.03 bits per heavy atom. The first-order chi connectivity index (χ1) is 16.2. The van der Waals surface area contributed by atoms with E-state index in [9.17, 15) is 4.79 Å². The third kappa shape index (κ3) is 4.23. The van der Waals surface area contributed by atoms with Gasteiger partial charge in [-0.2, -0.15) is 0 Å². The van der Waals surface area contributed by atoms with Gasteiger partial charge in [-0.05, 0) is 43.0 Å². The Hall–Kier alpha value is -3.26. The number of nitrogens with two attached hydrogens (primary N) is 1. The number of urea groups is 1. The summed E-state index contributed by atoms with van der Waals surface area (Å²) in [6, 6.07) is 12.1. The molecule has 3 aromatic rings. The number of primary amides is 1. The number of carbonyl (C=O) groups excluding carboxylic acids is 1.